The number of alkyl halides is 3. The van der Waals surface area contributed by atoms with Crippen LogP contribution in [-0.2, 0) is 17.4 Å². The van der Waals surface area contributed by atoms with E-state index in [1.54, 1.807) is 36.4 Å². The molecular formula is C22H20F3NO2. The van der Waals surface area contributed by atoms with Gasteiger partial charge in [0.05, 0.1) is 11.0 Å². The number of imide groups is 1. The number of hydrogen-bond donors (Lipinski definition) is 0. The molecule has 1 fully saturated rings. The summed E-state index contributed by atoms with van der Waals surface area (Å²) in [5.41, 5.74) is -0.545. The van der Waals surface area contributed by atoms with E-state index in [1.165, 1.54) is 17.0 Å². The maximum Gasteiger partial charge on any atom is 0.416 e. The first-order valence-corrected chi connectivity index (χ1v) is 8.95. The van der Waals surface area contributed by atoms with Crippen LogP contribution in [0.2, 0.25) is 0 Å². The molecule has 1 saturated heterocycles. The van der Waals surface area contributed by atoms with Crippen LogP contribution < -0.4 is 0 Å². The molecule has 3 nitrogen and oxygen atoms in total. The van der Waals surface area contributed by atoms with Gasteiger partial charge in [-0.2, -0.15) is 13.2 Å². The van der Waals surface area contributed by atoms with Gasteiger partial charge in [0.2, 0.25) is 5.91 Å². The first-order valence-electron chi connectivity index (χ1n) is 8.95. The average Bonchev–Trinajstić information content (AvgIpc) is 2.98. The van der Waals surface area contributed by atoms with Crippen molar-refractivity contribution < 1.29 is 22.8 Å². The average molecular weight is 387 g/mol. The molecule has 2 amide bonds. The molecule has 0 unspecified atom stereocenters. The molecule has 0 bridgehead atoms. The molecule has 0 spiro atoms. The zero-order valence-electron chi connectivity index (χ0n) is 15.2. The van der Waals surface area contributed by atoms with Crippen LogP contribution >= 0.6 is 0 Å². The minimum Gasteiger partial charge on any atom is -0.278 e. The van der Waals surface area contributed by atoms with Gasteiger partial charge in [-0.1, -0.05) is 36.4 Å². The molecule has 1 heterocycles. The van der Waals surface area contributed by atoms with Crippen molar-refractivity contribution in [3.63, 3.8) is 0 Å². The number of halogens is 3. The highest BCUT2D eigenvalue weighted by molar-refractivity contribution is 6.07. The zero-order chi connectivity index (χ0) is 20.4. The van der Waals surface area contributed by atoms with E-state index < -0.39 is 17.2 Å². The first kappa shape index (κ1) is 19.9. The normalized spacial score (nSPS) is 19.7. The number of likely N-dealkylation sites (tertiary alicyclic amines) is 1. The molecule has 1 aliphatic rings. The lowest BCUT2D eigenvalue weighted by Gasteiger charge is -2.26. The van der Waals surface area contributed by atoms with Gasteiger partial charge in [-0.25, -0.2) is 0 Å². The Morgan fingerprint density at radius 1 is 1.11 bits per heavy atom. The lowest BCUT2D eigenvalue weighted by molar-refractivity contribution is -0.137. The van der Waals surface area contributed by atoms with Crippen molar-refractivity contribution in [2.24, 2.45) is 5.41 Å². The summed E-state index contributed by atoms with van der Waals surface area (Å²) in [7, 11) is 0. The van der Waals surface area contributed by atoms with Gasteiger partial charge in [0.15, 0.2) is 0 Å². The van der Waals surface area contributed by atoms with Crippen molar-refractivity contribution >= 4 is 11.8 Å². The quantitative estimate of drug-likeness (QED) is 0.542. The third kappa shape index (κ3) is 3.86. The first-order chi connectivity index (χ1) is 13.3. The van der Waals surface area contributed by atoms with Crippen LogP contribution in [0.5, 0.6) is 0 Å². The summed E-state index contributed by atoms with van der Waals surface area (Å²) in [4.78, 5) is 27.1. The van der Waals surface area contributed by atoms with Gasteiger partial charge >= 0.3 is 6.18 Å². The summed E-state index contributed by atoms with van der Waals surface area (Å²) in [5.74, 6) is -0.662. The van der Waals surface area contributed by atoms with E-state index in [2.05, 4.69) is 6.58 Å². The standard InChI is InChI=1S/C22H20F3NO2/c1-2-12-21(15-16-8-10-18(11-9-16)22(23,24)25)13-14-26(20(21)28)19(27)17-6-4-3-5-7-17/h2-11H,1,12-15H2/t21-/m1/s1. The van der Waals surface area contributed by atoms with Gasteiger partial charge in [0.25, 0.3) is 5.91 Å². The van der Waals surface area contributed by atoms with Crippen molar-refractivity contribution in [2.45, 2.75) is 25.4 Å². The van der Waals surface area contributed by atoms with Crippen LogP contribution in [-0.4, -0.2) is 23.3 Å². The summed E-state index contributed by atoms with van der Waals surface area (Å²) in [6.45, 7) is 3.99. The second kappa shape index (κ2) is 7.62. The summed E-state index contributed by atoms with van der Waals surface area (Å²) in [6.07, 6.45) is -1.73. The molecule has 146 valence electrons. The van der Waals surface area contributed by atoms with Crippen molar-refractivity contribution in [3.05, 3.63) is 83.9 Å². The SMILES string of the molecule is C=CC[C@]1(Cc2ccc(C(F)(F)F)cc2)CCN(C(=O)c2ccccc2)C1=O. The van der Waals surface area contributed by atoms with Gasteiger partial charge in [0, 0.05) is 12.1 Å². The molecule has 0 N–H and O–H groups in total. The van der Waals surface area contributed by atoms with Gasteiger partial charge in [-0.3, -0.25) is 14.5 Å². The predicted octanol–water partition coefficient (Wildman–Crippen LogP) is 4.88. The Morgan fingerprint density at radius 2 is 1.75 bits per heavy atom. The van der Waals surface area contributed by atoms with E-state index in [0.717, 1.165) is 12.1 Å². The topological polar surface area (TPSA) is 37.4 Å². The van der Waals surface area contributed by atoms with Crippen molar-refractivity contribution in [1.29, 1.82) is 0 Å². The van der Waals surface area contributed by atoms with Crippen molar-refractivity contribution in [3.8, 4) is 0 Å². The highest BCUT2D eigenvalue weighted by Crippen LogP contribution is 2.40. The lowest BCUT2D eigenvalue weighted by atomic mass is 9.77. The van der Waals surface area contributed by atoms with Crippen LogP contribution in [0.4, 0.5) is 13.2 Å². The molecule has 28 heavy (non-hydrogen) atoms. The van der Waals surface area contributed by atoms with Crippen LogP contribution in [0.1, 0.15) is 34.3 Å². The molecule has 2 aromatic rings. The Hall–Kier alpha value is -2.89. The molecule has 0 aliphatic carbocycles. The Balaban J connectivity index is 1.83. The largest absolute Gasteiger partial charge is 0.416 e. The molecule has 6 heteroatoms. The van der Waals surface area contributed by atoms with Crippen molar-refractivity contribution in [2.75, 3.05) is 6.54 Å². The third-order valence-electron chi connectivity index (χ3n) is 5.14. The van der Waals surface area contributed by atoms with Crippen molar-refractivity contribution in [1.82, 2.24) is 4.90 Å². The maximum absolute atomic E-state index is 13.1. The fourth-order valence-corrected chi connectivity index (χ4v) is 3.66. The van der Waals surface area contributed by atoms with Gasteiger partial charge in [-0.05, 0) is 49.1 Å². The summed E-state index contributed by atoms with van der Waals surface area (Å²) in [5, 5.41) is 0. The highest BCUT2D eigenvalue weighted by Gasteiger charge is 2.48. The number of hydrogen-bond acceptors (Lipinski definition) is 2. The number of rotatable bonds is 5. The zero-order valence-corrected chi connectivity index (χ0v) is 15.2. The molecule has 2 aromatic carbocycles. The number of allylic oxidation sites excluding steroid dienone is 1. The highest BCUT2D eigenvalue weighted by atomic mass is 19.4. The molecular weight excluding hydrogens is 367 g/mol. The smallest absolute Gasteiger partial charge is 0.278 e. The Morgan fingerprint density at radius 3 is 2.32 bits per heavy atom. The molecule has 0 radical (unpaired) electrons. The van der Waals surface area contributed by atoms with E-state index in [4.69, 9.17) is 0 Å². The summed E-state index contributed by atoms with van der Waals surface area (Å²) in [6, 6.07) is 13.4. The molecule has 3 rings (SSSR count). The van der Waals surface area contributed by atoms with Gasteiger partial charge < -0.3 is 0 Å². The molecule has 1 atom stereocenters. The lowest BCUT2D eigenvalue weighted by Crippen LogP contribution is -2.39. The fourth-order valence-electron chi connectivity index (χ4n) is 3.66. The minimum atomic E-state index is -4.40. The molecule has 0 saturated carbocycles. The summed E-state index contributed by atoms with van der Waals surface area (Å²) < 4.78 is 38.3. The molecule has 1 aliphatic heterocycles. The maximum atomic E-state index is 13.1. The van der Waals surface area contributed by atoms with Crippen LogP contribution in [0, 0.1) is 5.41 Å². The monoisotopic (exact) mass is 387 g/mol. The predicted molar refractivity (Wildman–Crippen MR) is 99.5 cm³/mol. The second-order valence-electron chi connectivity index (χ2n) is 7.02. The Kier molecular flexibility index (Phi) is 5.40. The van der Waals surface area contributed by atoms with Crippen LogP contribution in [0.3, 0.4) is 0 Å². The number of nitrogens with zero attached hydrogens (tertiary/aromatic N) is 1. The minimum absolute atomic E-state index is 0.258. The fraction of sp³-hybridized carbons (Fsp3) is 0.273. The van der Waals surface area contributed by atoms with Crippen LogP contribution in [0.15, 0.2) is 67.3 Å². The molecule has 0 aromatic heterocycles. The van der Waals surface area contributed by atoms with Crippen LogP contribution in [0.25, 0.3) is 0 Å². The van der Waals surface area contributed by atoms with E-state index in [9.17, 15) is 22.8 Å². The summed E-state index contributed by atoms with van der Waals surface area (Å²) >= 11 is 0. The third-order valence-corrected chi connectivity index (χ3v) is 5.14. The van der Waals surface area contributed by atoms with Gasteiger partial charge in [-0.15, -0.1) is 6.58 Å². The van der Waals surface area contributed by atoms with E-state index >= 15 is 0 Å². The number of benzene rings is 2. The van der Waals surface area contributed by atoms with E-state index in [-0.39, 0.29) is 24.8 Å². The number of amides is 2. The number of carbonyl (C=O) groups excluding carboxylic acids is 2. The van der Waals surface area contributed by atoms with Gasteiger partial charge in [0.1, 0.15) is 0 Å². The van der Waals surface area contributed by atoms with E-state index in [1.807, 2.05) is 0 Å². The second-order valence-corrected chi connectivity index (χ2v) is 7.02. The van der Waals surface area contributed by atoms with E-state index in [0.29, 0.717) is 24.0 Å². The Bertz CT molecular complexity index is 875. The Labute approximate surface area is 161 Å². The number of carbonyl (C=O) groups is 2.